The van der Waals surface area contributed by atoms with Gasteiger partial charge >= 0.3 is 0 Å². The molecule has 9 aromatic carbocycles. The van der Waals surface area contributed by atoms with Crippen molar-refractivity contribution in [2.24, 2.45) is 0 Å². The molecule has 0 saturated heterocycles. The van der Waals surface area contributed by atoms with Crippen LogP contribution in [0.15, 0.2) is 133 Å². The molecule has 0 aliphatic heterocycles. The van der Waals surface area contributed by atoms with Crippen LogP contribution in [0.5, 0.6) is 0 Å². The monoisotopic (exact) mass is 887 g/mol. The van der Waals surface area contributed by atoms with E-state index in [2.05, 4.69) is 244 Å². The summed E-state index contributed by atoms with van der Waals surface area (Å²) in [5.41, 5.74) is 21.7. The lowest BCUT2D eigenvalue weighted by molar-refractivity contribution is 0.579. The average Bonchev–Trinajstić information content (AvgIpc) is 3.65. The van der Waals surface area contributed by atoms with Gasteiger partial charge in [-0.15, -0.1) is 0 Å². The molecule has 0 saturated carbocycles. The van der Waals surface area contributed by atoms with Crippen molar-refractivity contribution in [1.82, 2.24) is 0 Å². The highest BCUT2D eigenvalue weighted by molar-refractivity contribution is 6.31. The highest BCUT2D eigenvalue weighted by atomic mass is 14.4. The van der Waals surface area contributed by atoms with Crippen LogP contribution in [0.1, 0.15) is 155 Å². The number of fused-ring (bicyclic) bond motifs is 12. The molecule has 0 unspecified atom stereocenters. The van der Waals surface area contributed by atoms with Gasteiger partial charge in [-0.05, 0) is 166 Å². The first-order chi connectivity index (χ1) is 31.8. The minimum Gasteiger partial charge on any atom is -0.0616 e. The molecule has 0 heterocycles. The van der Waals surface area contributed by atoms with Crippen molar-refractivity contribution >= 4 is 43.1 Å². The summed E-state index contributed by atoms with van der Waals surface area (Å²) in [6.07, 6.45) is 0. The molecule has 0 aromatic heterocycles. The molecule has 68 heavy (non-hydrogen) atoms. The molecule has 0 heteroatoms. The molecule has 0 spiro atoms. The molecule has 0 atom stereocenters. The first kappa shape index (κ1) is 44.5. The predicted octanol–water partition coefficient (Wildman–Crippen LogP) is 19.4. The van der Waals surface area contributed by atoms with Crippen LogP contribution in [0.2, 0.25) is 0 Å². The van der Waals surface area contributed by atoms with Crippen molar-refractivity contribution in [3.05, 3.63) is 178 Å². The van der Waals surface area contributed by atoms with Gasteiger partial charge in [-0.1, -0.05) is 232 Å². The fraction of sp³-hybridized carbons (Fsp3) is 0.324. The fourth-order valence-electron chi connectivity index (χ4n) is 12.2. The van der Waals surface area contributed by atoms with E-state index in [0.29, 0.717) is 0 Å². The molecule has 0 bridgehead atoms. The zero-order valence-electron chi connectivity index (χ0n) is 43.7. The minimum atomic E-state index is -0.188. The number of rotatable bonds is 2. The van der Waals surface area contributed by atoms with E-state index in [0.717, 1.165) is 0 Å². The maximum absolute atomic E-state index is 2.59. The Kier molecular flexibility index (Phi) is 9.36. The predicted molar refractivity (Wildman–Crippen MR) is 297 cm³/mol. The lowest BCUT2D eigenvalue weighted by Gasteiger charge is -2.29. The Hall–Kier alpha value is -5.98. The summed E-state index contributed by atoms with van der Waals surface area (Å²) in [4.78, 5) is 0. The SMILES string of the molecule is CC(C)(C)c1ccc2c(c1)C(C)(C)c1cc(C(C)(C)C)cc(-c3c4ccccc4c(-c4cc(C(C)(C)C)cc5c4-c4ccc(C(C)(C)C)cc4C5(C)C)c4c3ccc3c5ccccc5ccc34)c1-2. The maximum atomic E-state index is 2.59. The summed E-state index contributed by atoms with van der Waals surface area (Å²) in [5.74, 6) is 0. The zero-order chi connectivity index (χ0) is 48.4. The normalized spacial score (nSPS) is 15.3. The van der Waals surface area contributed by atoms with E-state index in [1.165, 1.54) is 132 Å². The zero-order valence-corrected chi connectivity index (χ0v) is 43.7. The Morgan fingerprint density at radius 1 is 0.279 bits per heavy atom. The molecule has 9 aromatic rings. The Morgan fingerprint density at radius 2 is 0.676 bits per heavy atom. The summed E-state index contributed by atoms with van der Waals surface area (Å²) in [5, 5.41) is 10.4. The van der Waals surface area contributed by atoms with E-state index in [-0.39, 0.29) is 32.5 Å². The van der Waals surface area contributed by atoms with Crippen LogP contribution in [-0.4, -0.2) is 0 Å². The Bertz CT molecular complexity index is 3630. The lowest BCUT2D eigenvalue weighted by Crippen LogP contribution is -2.19. The van der Waals surface area contributed by atoms with Crippen LogP contribution >= 0.6 is 0 Å². The van der Waals surface area contributed by atoms with Gasteiger partial charge in [0, 0.05) is 10.8 Å². The summed E-state index contributed by atoms with van der Waals surface area (Å²) >= 11 is 0. The topological polar surface area (TPSA) is 0 Å². The van der Waals surface area contributed by atoms with Gasteiger partial charge < -0.3 is 0 Å². The lowest BCUT2D eigenvalue weighted by atomic mass is 9.74. The Labute approximate surface area is 406 Å². The largest absolute Gasteiger partial charge is 0.0616 e. The molecule has 0 radical (unpaired) electrons. The number of hydrogen-bond donors (Lipinski definition) is 0. The van der Waals surface area contributed by atoms with Gasteiger partial charge in [0.2, 0.25) is 0 Å². The van der Waals surface area contributed by atoms with Crippen molar-refractivity contribution in [1.29, 1.82) is 0 Å². The van der Waals surface area contributed by atoms with Crippen molar-refractivity contribution < 1.29 is 0 Å². The first-order valence-corrected chi connectivity index (χ1v) is 25.3. The van der Waals surface area contributed by atoms with Gasteiger partial charge in [0.05, 0.1) is 0 Å². The van der Waals surface area contributed by atoms with Crippen LogP contribution in [-0.2, 0) is 32.5 Å². The van der Waals surface area contributed by atoms with Gasteiger partial charge in [-0.2, -0.15) is 0 Å². The third-order valence-electron chi connectivity index (χ3n) is 16.5. The number of benzene rings is 9. The summed E-state index contributed by atoms with van der Waals surface area (Å²) in [6.45, 7) is 38.2. The molecule has 2 aliphatic rings. The van der Waals surface area contributed by atoms with Gasteiger partial charge in [-0.25, -0.2) is 0 Å². The van der Waals surface area contributed by atoms with E-state index in [4.69, 9.17) is 0 Å². The highest BCUT2D eigenvalue weighted by Crippen LogP contribution is 2.60. The van der Waals surface area contributed by atoms with Gasteiger partial charge in [0.15, 0.2) is 0 Å². The summed E-state index contributed by atoms with van der Waals surface area (Å²) in [6, 6.07) is 53.2. The van der Waals surface area contributed by atoms with Gasteiger partial charge in [-0.3, -0.25) is 0 Å². The number of hydrogen-bond acceptors (Lipinski definition) is 0. The van der Waals surface area contributed by atoms with E-state index in [1.54, 1.807) is 0 Å². The molecule has 0 N–H and O–H groups in total. The molecule has 0 fully saturated rings. The molecule has 0 nitrogen and oxygen atoms in total. The second kappa shape index (κ2) is 14.3. The molecule has 342 valence electrons. The maximum Gasteiger partial charge on any atom is 0.0159 e. The molecular formula is C68H70. The van der Waals surface area contributed by atoms with Crippen molar-refractivity contribution in [3.8, 4) is 44.5 Å². The van der Waals surface area contributed by atoms with Gasteiger partial charge in [0.1, 0.15) is 0 Å². The van der Waals surface area contributed by atoms with E-state index < -0.39 is 0 Å². The first-order valence-electron chi connectivity index (χ1n) is 25.3. The highest BCUT2D eigenvalue weighted by Gasteiger charge is 2.42. The average molecular weight is 887 g/mol. The third kappa shape index (κ3) is 6.45. The quantitative estimate of drug-likeness (QED) is 0.120. The van der Waals surface area contributed by atoms with Crippen molar-refractivity contribution in [2.45, 2.75) is 143 Å². The fourth-order valence-corrected chi connectivity index (χ4v) is 12.2. The van der Waals surface area contributed by atoms with E-state index in [1.807, 2.05) is 0 Å². The van der Waals surface area contributed by atoms with Gasteiger partial charge in [0.25, 0.3) is 0 Å². The van der Waals surface area contributed by atoms with E-state index >= 15 is 0 Å². The van der Waals surface area contributed by atoms with Crippen LogP contribution in [0.25, 0.3) is 87.6 Å². The van der Waals surface area contributed by atoms with Crippen LogP contribution < -0.4 is 0 Å². The smallest absolute Gasteiger partial charge is 0.0159 e. The Balaban J connectivity index is 1.36. The molecule has 2 aliphatic carbocycles. The van der Waals surface area contributed by atoms with E-state index in [9.17, 15) is 0 Å². The molecular weight excluding hydrogens is 817 g/mol. The second-order valence-electron chi connectivity index (χ2n) is 25.8. The van der Waals surface area contributed by atoms with Crippen molar-refractivity contribution in [2.75, 3.05) is 0 Å². The minimum absolute atomic E-state index is 0.0400. The van der Waals surface area contributed by atoms with Crippen LogP contribution in [0.4, 0.5) is 0 Å². The third-order valence-corrected chi connectivity index (χ3v) is 16.5. The van der Waals surface area contributed by atoms with Crippen LogP contribution in [0, 0.1) is 0 Å². The van der Waals surface area contributed by atoms with Crippen molar-refractivity contribution in [3.63, 3.8) is 0 Å². The Morgan fingerprint density at radius 3 is 1.16 bits per heavy atom. The summed E-state index contributed by atoms with van der Waals surface area (Å²) in [7, 11) is 0. The second-order valence-corrected chi connectivity index (χ2v) is 25.8. The standard InChI is InChI=1S/C68H70/c1-63(2,3)40-26-29-49-54(35-40)67(13,14)56-37-42(65(7,8)9)33-52(59(49)56)58-46-23-19-20-24-47(46)62(61-48-28-25-39-21-17-18-22-44(39)45(48)31-32-51(58)61)53-34-43(66(10,11)12)38-57-60(53)50-30-27-41(64(4,5)6)36-55(50)68(57,15)16/h17-38H,1-16H3. The van der Waals surface area contributed by atoms with Crippen LogP contribution in [0.3, 0.4) is 0 Å². The molecule has 11 rings (SSSR count). The summed E-state index contributed by atoms with van der Waals surface area (Å²) < 4.78 is 0. The molecule has 0 amide bonds.